The normalized spacial score (nSPS) is 19.4. The van der Waals surface area contributed by atoms with E-state index in [4.69, 9.17) is 4.74 Å². The number of rotatable bonds is 6. The molecule has 7 nitrogen and oxygen atoms in total. The van der Waals surface area contributed by atoms with Crippen LogP contribution in [-0.2, 0) is 23.9 Å². The van der Waals surface area contributed by atoms with Crippen molar-refractivity contribution in [1.29, 1.82) is 0 Å². The van der Waals surface area contributed by atoms with Crippen LogP contribution >= 0.6 is 0 Å². The zero-order chi connectivity index (χ0) is 15.9. The first-order chi connectivity index (χ1) is 10.6. The summed E-state index contributed by atoms with van der Waals surface area (Å²) in [5.74, 6) is -1.32. The van der Waals surface area contributed by atoms with Gasteiger partial charge in [0.05, 0.1) is 0 Å². The van der Waals surface area contributed by atoms with Crippen LogP contribution in [0.4, 0.5) is 0 Å². The molecule has 1 heterocycles. The lowest BCUT2D eigenvalue weighted by atomic mass is 9.89. The quantitative estimate of drug-likeness (QED) is 0.565. The molecular weight excluding hydrogens is 288 g/mol. The molecule has 2 rings (SSSR count). The highest BCUT2D eigenvalue weighted by Gasteiger charge is 2.31. The molecule has 2 aliphatic rings. The summed E-state index contributed by atoms with van der Waals surface area (Å²) in [6, 6.07) is 0. The lowest BCUT2D eigenvalue weighted by Crippen LogP contribution is -2.37. The van der Waals surface area contributed by atoms with Gasteiger partial charge in [0, 0.05) is 19.4 Å². The summed E-state index contributed by atoms with van der Waals surface area (Å²) < 4.78 is 4.81. The highest BCUT2D eigenvalue weighted by molar-refractivity contribution is 6.04. The van der Waals surface area contributed by atoms with Gasteiger partial charge in [0.1, 0.15) is 6.54 Å². The fraction of sp³-hybridized carbons (Fsp3) is 0.733. The Hall–Kier alpha value is -1.92. The molecule has 0 atom stereocenters. The minimum absolute atomic E-state index is 0.133. The van der Waals surface area contributed by atoms with Gasteiger partial charge in [0.2, 0.25) is 11.8 Å². The van der Waals surface area contributed by atoms with Gasteiger partial charge in [-0.3, -0.25) is 24.1 Å². The number of imide groups is 1. The average Bonchev–Trinajstić information content (AvgIpc) is 2.84. The van der Waals surface area contributed by atoms with E-state index < -0.39 is 12.5 Å². The fourth-order valence-corrected chi connectivity index (χ4v) is 2.82. The number of ether oxygens (including phenoxy) is 1. The third kappa shape index (κ3) is 4.82. The molecule has 0 radical (unpaired) electrons. The molecule has 1 aliphatic carbocycles. The predicted molar refractivity (Wildman–Crippen MR) is 76.5 cm³/mol. The van der Waals surface area contributed by atoms with E-state index in [2.05, 4.69) is 5.32 Å². The molecular formula is C15H22N2O5. The van der Waals surface area contributed by atoms with Crippen molar-refractivity contribution < 1.29 is 23.9 Å². The Kier molecular flexibility index (Phi) is 5.91. The van der Waals surface area contributed by atoms with Gasteiger partial charge in [-0.1, -0.05) is 19.3 Å². The smallest absolute Gasteiger partial charge is 0.326 e. The molecule has 122 valence electrons. The van der Waals surface area contributed by atoms with Gasteiger partial charge in [0.15, 0.2) is 6.61 Å². The summed E-state index contributed by atoms with van der Waals surface area (Å²) in [5, 5.41) is 2.76. The van der Waals surface area contributed by atoms with Crippen LogP contribution in [0.1, 0.15) is 44.9 Å². The monoisotopic (exact) mass is 310 g/mol. The van der Waals surface area contributed by atoms with E-state index in [1.807, 2.05) is 0 Å². The van der Waals surface area contributed by atoms with Crippen molar-refractivity contribution in [2.24, 2.45) is 5.92 Å². The number of carbonyl (C=O) groups is 4. The number of likely N-dealkylation sites (tertiary alicyclic amines) is 1. The SMILES string of the molecule is O=C(COC(=O)CN1C(=O)CCC1=O)NCC1CCCCC1. The number of carbonyl (C=O) groups excluding carboxylic acids is 4. The van der Waals surface area contributed by atoms with Gasteiger partial charge < -0.3 is 10.1 Å². The third-order valence-electron chi connectivity index (χ3n) is 4.12. The number of nitrogens with zero attached hydrogens (tertiary/aromatic N) is 1. The van der Waals surface area contributed by atoms with Crippen molar-refractivity contribution >= 4 is 23.7 Å². The molecule has 1 aliphatic heterocycles. The average molecular weight is 310 g/mol. The molecule has 0 bridgehead atoms. The second-order valence-electron chi connectivity index (χ2n) is 5.84. The van der Waals surface area contributed by atoms with Crippen LogP contribution in [0.3, 0.4) is 0 Å². The van der Waals surface area contributed by atoms with Gasteiger partial charge in [-0.25, -0.2) is 0 Å². The third-order valence-corrected chi connectivity index (χ3v) is 4.12. The Labute approximate surface area is 129 Å². The highest BCUT2D eigenvalue weighted by atomic mass is 16.5. The molecule has 7 heteroatoms. The van der Waals surface area contributed by atoms with Crippen LogP contribution in [0.2, 0.25) is 0 Å². The Morgan fingerprint density at radius 2 is 1.73 bits per heavy atom. The summed E-state index contributed by atoms with van der Waals surface area (Å²) in [6.07, 6.45) is 6.18. The summed E-state index contributed by atoms with van der Waals surface area (Å²) >= 11 is 0. The summed E-state index contributed by atoms with van der Waals surface area (Å²) in [6.45, 7) is -0.172. The minimum Gasteiger partial charge on any atom is -0.454 e. The number of amides is 3. The topological polar surface area (TPSA) is 92.8 Å². The maximum Gasteiger partial charge on any atom is 0.326 e. The van der Waals surface area contributed by atoms with Crippen LogP contribution in [0, 0.1) is 5.92 Å². The van der Waals surface area contributed by atoms with E-state index in [0.29, 0.717) is 12.5 Å². The van der Waals surface area contributed by atoms with Crippen molar-refractivity contribution in [3.8, 4) is 0 Å². The lowest BCUT2D eigenvalue weighted by Gasteiger charge is -2.21. The first-order valence-corrected chi connectivity index (χ1v) is 7.82. The van der Waals surface area contributed by atoms with Crippen molar-refractivity contribution in [3.63, 3.8) is 0 Å². The molecule has 2 fully saturated rings. The van der Waals surface area contributed by atoms with E-state index in [9.17, 15) is 19.2 Å². The summed E-state index contributed by atoms with van der Waals surface area (Å²) in [7, 11) is 0. The van der Waals surface area contributed by atoms with Crippen molar-refractivity contribution in [1.82, 2.24) is 10.2 Å². The van der Waals surface area contributed by atoms with Crippen LogP contribution in [0.15, 0.2) is 0 Å². The van der Waals surface area contributed by atoms with E-state index in [-0.39, 0.29) is 37.2 Å². The molecule has 3 amide bonds. The van der Waals surface area contributed by atoms with Gasteiger partial charge in [-0.15, -0.1) is 0 Å². The van der Waals surface area contributed by atoms with Gasteiger partial charge in [-0.05, 0) is 18.8 Å². The number of hydrogen-bond acceptors (Lipinski definition) is 5. The number of nitrogens with one attached hydrogen (secondary N) is 1. The predicted octanol–water partition coefficient (Wildman–Crippen LogP) is 0.375. The van der Waals surface area contributed by atoms with Crippen LogP contribution in [0.5, 0.6) is 0 Å². The zero-order valence-electron chi connectivity index (χ0n) is 12.6. The molecule has 22 heavy (non-hydrogen) atoms. The number of hydrogen-bond donors (Lipinski definition) is 1. The van der Waals surface area contributed by atoms with Crippen LogP contribution in [0.25, 0.3) is 0 Å². The molecule has 1 N–H and O–H groups in total. The van der Waals surface area contributed by atoms with E-state index in [1.165, 1.54) is 19.3 Å². The van der Waals surface area contributed by atoms with Crippen LogP contribution < -0.4 is 5.32 Å². The van der Waals surface area contributed by atoms with Gasteiger partial charge in [-0.2, -0.15) is 0 Å². The van der Waals surface area contributed by atoms with Crippen molar-refractivity contribution in [2.75, 3.05) is 19.7 Å². The molecule has 1 saturated heterocycles. The molecule has 1 saturated carbocycles. The Morgan fingerprint density at radius 3 is 2.36 bits per heavy atom. The Bertz CT molecular complexity index is 441. The van der Waals surface area contributed by atoms with E-state index in [0.717, 1.165) is 17.7 Å². The second kappa shape index (κ2) is 7.91. The lowest BCUT2D eigenvalue weighted by molar-refractivity contribution is -0.154. The molecule has 0 unspecified atom stereocenters. The maximum absolute atomic E-state index is 11.6. The van der Waals surface area contributed by atoms with Gasteiger partial charge >= 0.3 is 5.97 Å². The second-order valence-corrected chi connectivity index (χ2v) is 5.84. The largest absolute Gasteiger partial charge is 0.454 e. The first-order valence-electron chi connectivity index (χ1n) is 7.82. The molecule has 0 spiro atoms. The molecule has 0 aromatic rings. The first kappa shape index (κ1) is 16.5. The zero-order valence-corrected chi connectivity index (χ0v) is 12.6. The molecule has 0 aromatic carbocycles. The van der Waals surface area contributed by atoms with Crippen molar-refractivity contribution in [3.05, 3.63) is 0 Å². The number of esters is 1. The van der Waals surface area contributed by atoms with E-state index in [1.54, 1.807) is 0 Å². The standard InChI is InChI=1S/C15H22N2O5/c18-12(16-8-11-4-2-1-3-5-11)10-22-15(21)9-17-13(19)6-7-14(17)20/h11H,1-10H2,(H,16,18). The molecule has 0 aromatic heterocycles. The fourth-order valence-electron chi connectivity index (χ4n) is 2.82. The van der Waals surface area contributed by atoms with Crippen molar-refractivity contribution in [2.45, 2.75) is 44.9 Å². The Balaban J connectivity index is 1.62. The minimum atomic E-state index is -0.739. The van der Waals surface area contributed by atoms with Gasteiger partial charge in [0.25, 0.3) is 5.91 Å². The maximum atomic E-state index is 11.6. The summed E-state index contributed by atoms with van der Waals surface area (Å²) in [5.41, 5.74) is 0. The van der Waals surface area contributed by atoms with Crippen LogP contribution in [-0.4, -0.2) is 48.3 Å². The van der Waals surface area contributed by atoms with E-state index >= 15 is 0 Å². The highest BCUT2D eigenvalue weighted by Crippen LogP contribution is 2.22. The Morgan fingerprint density at radius 1 is 1.09 bits per heavy atom. The summed E-state index contributed by atoms with van der Waals surface area (Å²) in [4.78, 5) is 46.8.